The summed E-state index contributed by atoms with van der Waals surface area (Å²) < 4.78 is 1.68. The number of aromatic nitrogens is 2. The lowest BCUT2D eigenvalue weighted by Gasteiger charge is -2.03. The van der Waals surface area contributed by atoms with Crippen molar-refractivity contribution in [2.75, 3.05) is 0 Å². The minimum absolute atomic E-state index is 0.530. The third-order valence-electron chi connectivity index (χ3n) is 2.57. The van der Waals surface area contributed by atoms with Crippen molar-refractivity contribution in [3.05, 3.63) is 30.0 Å². The molecule has 0 aliphatic heterocycles. The normalized spacial score (nSPS) is 11.8. The van der Waals surface area contributed by atoms with Gasteiger partial charge in [0.05, 0.1) is 11.4 Å². The molecule has 0 amide bonds. The number of rotatable bonds is 6. The fourth-order valence-corrected chi connectivity index (χ4v) is 1.68. The van der Waals surface area contributed by atoms with Crippen LogP contribution < -0.4 is 0 Å². The van der Waals surface area contributed by atoms with Crippen LogP contribution in [0.1, 0.15) is 39.3 Å². The summed E-state index contributed by atoms with van der Waals surface area (Å²) in [6.07, 6.45) is 10.5. The first-order valence-corrected chi connectivity index (χ1v) is 6.23. The Kier molecular flexibility index (Phi) is 5.81. The third kappa shape index (κ3) is 3.54. The highest BCUT2D eigenvalue weighted by Gasteiger charge is 2.08. The molecule has 0 aliphatic carbocycles. The Morgan fingerprint density at radius 1 is 1.56 bits per heavy atom. The molecule has 1 aromatic rings. The second-order valence-electron chi connectivity index (χ2n) is 3.93. The van der Waals surface area contributed by atoms with Crippen molar-refractivity contribution in [2.45, 2.75) is 40.0 Å². The van der Waals surface area contributed by atoms with Crippen LogP contribution in [-0.4, -0.2) is 15.9 Å². The van der Waals surface area contributed by atoms with Gasteiger partial charge in [-0.1, -0.05) is 25.5 Å². The minimum Gasteiger partial charge on any atom is -0.215 e. The maximum absolute atomic E-state index is 10.4. The number of unbranched alkanes of at least 4 members (excludes halogenated alkanes) is 1. The van der Waals surface area contributed by atoms with Gasteiger partial charge < -0.3 is 0 Å². The molecule has 1 rings (SSSR count). The SMILES string of the molecule is C/C=C\C(=C/C)n1nc(CCCC)cc1N=C=O. The number of nitrogens with zero attached hydrogens (tertiary/aromatic N) is 3. The van der Waals surface area contributed by atoms with E-state index < -0.39 is 0 Å². The highest BCUT2D eigenvalue weighted by Crippen LogP contribution is 2.20. The average Bonchev–Trinajstić information content (AvgIpc) is 2.77. The largest absolute Gasteiger partial charge is 0.242 e. The van der Waals surface area contributed by atoms with Crippen LogP contribution in [0.5, 0.6) is 0 Å². The molecule has 0 atom stereocenters. The molecule has 0 aromatic carbocycles. The number of hydrogen-bond donors (Lipinski definition) is 0. The minimum atomic E-state index is 0.530. The molecule has 0 saturated heterocycles. The number of allylic oxidation sites excluding steroid dienone is 4. The van der Waals surface area contributed by atoms with E-state index in [1.807, 2.05) is 38.1 Å². The van der Waals surface area contributed by atoms with Crippen molar-refractivity contribution in [3.8, 4) is 0 Å². The van der Waals surface area contributed by atoms with Crippen molar-refractivity contribution < 1.29 is 4.79 Å². The van der Waals surface area contributed by atoms with Crippen LogP contribution >= 0.6 is 0 Å². The van der Waals surface area contributed by atoms with Crippen LogP contribution in [0.3, 0.4) is 0 Å². The summed E-state index contributed by atoms with van der Waals surface area (Å²) >= 11 is 0. The number of isocyanates is 1. The monoisotopic (exact) mass is 245 g/mol. The first-order valence-electron chi connectivity index (χ1n) is 6.23. The maximum atomic E-state index is 10.4. The molecule has 0 bridgehead atoms. The predicted octanol–water partition coefficient (Wildman–Crippen LogP) is 3.63. The lowest BCUT2D eigenvalue weighted by atomic mass is 10.2. The molecule has 0 fully saturated rings. The van der Waals surface area contributed by atoms with E-state index in [-0.39, 0.29) is 0 Å². The van der Waals surface area contributed by atoms with Gasteiger partial charge in [-0.2, -0.15) is 5.10 Å². The molecular formula is C14H19N3O. The van der Waals surface area contributed by atoms with Crippen LogP contribution in [0.15, 0.2) is 29.3 Å². The van der Waals surface area contributed by atoms with E-state index >= 15 is 0 Å². The molecule has 0 aliphatic rings. The zero-order chi connectivity index (χ0) is 13.4. The first-order chi connectivity index (χ1) is 8.76. The fourth-order valence-electron chi connectivity index (χ4n) is 1.68. The van der Waals surface area contributed by atoms with Gasteiger partial charge in [0.1, 0.15) is 0 Å². The van der Waals surface area contributed by atoms with Crippen molar-refractivity contribution in [3.63, 3.8) is 0 Å². The van der Waals surface area contributed by atoms with Gasteiger partial charge in [0.25, 0.3) is 0 Å². The highest BCUT2D eigenvalue weighted by atomic mass is 16.1. The first kappa shape index (κ1) is 14.1. The van der Waals surface area contributed by atoms with Crippen LogP contribution in [0, 0.1) is 0 Å². The predicted molar refractivity (Wildman–Crippen MR) is 73.4 cm³/mol. The summed E-state index contributed by atoms with van der Waals surface area (Å²) in [6.45, 7) is 6.00. The average molecular weight is 245 g/mol. The Balaban J connectivity index is 3.15. The van der Waals surface area contributed by atoms with Crippen LogP contribution in [0.2, 0.25) is 0 Å². The van der Waals surface area contributed by atoms with E-state index in [1.54, 1.807) is 10.8 Å². The van der Waals surface area contributed by atoms with Gasteiger partial charge in [-0.3, -0.25) is 0 Å². The summed E-state index contributed by atoms with van der Waals surface area (Å²) in [4.78, 5) is 14.2. The topological polar surface area (TPSA) is 47.2 Å². The Labute approximate surface area is 108 Å². The van der Waals surface area contributed by atoms with Gasteiger partial charge in [0.15, 0.2) is 5.82 Å². The summed E-state index contributed by atoms with van der Waals surface area (Å²) in [5.41, 5.74) is 1.85. The molecule has 0 saturated carbocycles. The summed E-state index contributed by atoms with van der Waals surface area (Å²) in [6, 6.07) is 1.84. The Bertz CT molecular complexity index is 491. The third-order valence-corrected chi connectivity index (χ3v) is 2.57. The zero-order valence-corrected chi connectivity index (χ0v) is 11.2. The smallest absolute Gasteiger partial charge is 0.215 e. The Morgan fingerprint density at radius 3 is 2.89 bits per heavy atom. The molecule has 1 heterocycles. The Morgan fingerprint density at radius 2 is 2.33 bits per heavy atom. The van der Waals surface area contributed by atoms with Crippen molar-refractivity contribution in [2.24, 2.45) is 4.99 Å². The van der Waals surface area contributed by atoms with Crippen LogP contribution in [0.4, 0.5) is 5.82 Å². The van der Waals surface area contributed by atoms with Gasteiger partial charge in [-0.05, 0) is 32.8 Å². The molecule has 0 spiro atoms. The molecule has 96 valence electrons. The number of carbonyl (C=O) groups excluding carboxylic acids is 1. The number of hydrogen-bond acceptors (Lipinski definition) is 3. The molecule has 4 nitrogen and oxygen atoms in total. The molecular weight excluding hydrogens is 226 g/mol. The van der Waals surface area contributed by atoms with Gasteiger partial charge in [0.2, 0.25) is 6.08 Å². The molecule has 0 unspecified atom stereocenters. The highest BCUT2D eigenvalue weighted by molar-refractivity contribution is 5.61. The van der Waals surface area contributed by atoms with E-state index in [0.717, 1.165) is 30.7 Å². The van der Waals surface area contributed by atoms with E-state index in [2.05, 4.69) is 17.0 Å². The van der Waals surface area contributed by atoms with Crippen molar-refractivity contribution in [1.82, 2.24) is 9.78 Å². The standard InChI is InChI=1S/C14H19N3O/c1-4-7-9-12-10-14(15-11-18)17(16-12)13(6-3)8-5-2/h5-6,8,10H,4,7,9H2,1-3H3/b8-5-,13-6+. The van der Waals surface area contributed by atoms with Gasteiger partial charge in [-0.15, -0.1) is 4.99 Å². The van der Waals surface area contributed by atoms with Gasteiger partial charge >= 0.3 is 0 Å². The maximum Gasteiger partial charge on any atom is 0.242 e. The van der Waals surface area contributed by atoms with Crippen molar-refractivity contribution in [1.29, 1.82) is 0 Å². The summed E-state index contributed by atoms with van der Waals surface area (Å²) in [5.74, 6) is 0.530. The number of aliphatic imine (C=N–C) groups is 1. The fraction of sp³-hybridized carbons (Fsp3) is 0.429. The Hall–Kier alpha value is -1.93. The van der Waals surface area contributed by atoms with Gasteiger partial charge in [0, 0.05) is 6.07 Å². The lowest BCUT2D eigenvalue weighted by molar-refractivity contribution is 0.565. The summed E-state index contributed by atoms with van der Waals surface area (Å²) in [5, 5.41) is 4.48. The van der Waals surface area contributed by atoms with E-state index in [1.165, 1.54) is 0 Å². The van der Waals surface area contributed by atoms with Crippen LogP contribution in [-0.2, 0) is 11.2 Å². The molecule has 0 radical (unpaired) electrons. The van der Waals surface area contributed by atoms with E-state index in [9.17, 15) is 4.79 Å². The summed E-state index contributed by atoms with van der Waals surface area (Å²) in [7, 11) is 0. The molecule has 1 aromatic heterocycles. The van der Waals surface area contributed by atoms with Crippen molar-refractivity contribution >= 4 is 17.6 Å². The zero-order valence-electron chi connectivity index (χ0n) is 11.2. The second kappa shape index (κ2) is 7.41. The lowest BCUT2D eigenvalue weighted by Crippen LogP contribution is -1.98. The van der Waals surface area contributed by atoms with E-state index in [4.69, 9.17) is 0 Å². The molecule has 0 N–H and O–H groups in total. The van der Waals surface area contributed by atoms with E-state index in [0.29, 0.717) is 5.82 Å². The quantitative estimate of drug-likeness (QED) is 0.436. The second-order valence-corrected chi connectivity index (χ2v) is 3.93. The van der Waals surface area contributed by atoms with Gasteiger partial charge in [-0.25, -0.2) is 9.48 Å². The number of aryl methyl sites for hydroxylation is 1. The molecule has 18 heavy (non-hydrogen) atoms. The molecule has 4 heteroatoms. The van der Waals surface area contributed by atoms with Crippen LogP contribution in [0.25, 0.3) is 5.70 Å².